The molecule has 0 aromatic carbocycles. The van der Waals surface area contributed by atoms with Gasteiger partial charge in [-0.15, -0.1) is 0 Å². The summed E-state index contributed by atoms with van der Waals surface area (Å²) in [6, 6.07) is 0. The zero-order chi connectivity index (χ0) is 8.27. The number of hydrogen-bond donors (Lipinski definition) is 2. The third-order valence-electron chi connectivity index (χ3n) is 1.70. The van der Waals surface area contributed by atoms with E-state index in [0.29, 0.717) is 6.42 Å². The van der Waals surface area contributed by atoms with Crippen LogP contribution in [0.2, 0.25) is 0 Å². The smallest absolute Gasteiger partial charge is 0.151 e. The SMILES string of the molecule is CC=N[C@@H]1C[C@H](O)[C@H](CO)O1. The summed E-state index contributed by atoms with van der Waals surface area (Å²) in [5.74, 6) is 0. The van der Waals surface area contributed by atoms with Crippen LogP contribution >= 0.6 is 0 Å². The summed E-state index contributed by atoms with van der Waals surface area (Å²) >= 11 is 0. The molecule has 1 rings (SSSR count). The summed E-state index contributed by atoms with van der Waals surface area (Å²) < 4.78 is 5.17. The Kier molecular flexibility index (Phi) is 2.99. The second-order valence-electron chi connectivity index (χ2n) is 2.52. The molecule has 0 radical (unpaired) electrons. The molecule has 0 unspecified atom stereocenters. The molecule has 0 aromatic rings. The van der Waals surface area contributed by atoms with E-state index in [0.717, 1.165) is 0 Å². The van der Waals surface area contributed by atoms with Gasteiger partial charge in [0.1, 0.15) is 6.10 Å². The van der Waals surface area contributed by atoms with E-state index in [4.69, 9.17) is 9.84 Å². The normalized spacial score (nSPS) is 38.6. The molecule has 0 bridgehead atoms. The topological polar surface area (TPSA) is 62.1 Å². The van der Waals surface area contributed by atoms with Crippen LogP contribution in [0.1, 0.15) is 13.3 Å². The van der Waals surface area contributed by atoms with Gasteiger partial charge in [0.05, 0.1) is 12.7 Å². The Balaban J connectivity index is 2.42. The van der Waals surface area contributed by atoms with E-state index in [-0.39, 0.29) is 12.8 Å². The van der Waals surface area contributed by atoms with Crippen molar-refractivity contribution < 1.29 is 14.9 Å². The third kappa shape index (κ3) is 1.99. The molecule has 64 valence electrons. The molecule has 4 heteroatoms. The second kappa shape index (κ2) is 3.80. The lowest BCUT2D eigenvalue weighted by atomic mass is 10.2. The van der Waals surface area contributed by atoms with Crippen molar-refractivity contribution in [2.24, 2.45) is 4.99 Å². The number of aliphatic imine (C=N–C) groups is 1. The summed E-state index contributed by atoms with van der Waals surface area (Å²) in [6.07, 6.45) is 0.816. The molecular formula is C7H13NO3. The Bertz CT molecular complexity index is 149. The highest BCUT2D eigenvalue weighted by Crippen LogP contribution is 2.20. The summed E-state index contributed by atoms with van der Waals surface area (Å²) in [4.78, 5) is 3.95. The monoisotopic (exact) mass is 159 g/mol. The van der Waals surface area contributed by atoms with Crippen LogP contribution in [0.25, 0.3) is 0 Å². The molecule has 1 fully saturated rings. The van der Waals surface area contributed by atoms with Gasteiger partial charge in [-0.3, -0.25) is 4.99 Å². The van der Waals surface area contributed by atoms with Crippen molar-refractivity contribution in [3.05, 3.63) is 0 Å². The van der Waals surface area contributed by atoms with Gasteiger partial charge in [-0.1, -0.05) is 0 Å². The molecule has 1 aliphatic rings. The molecule has 0 amide bonds. The van der Waals surface area contributed by atoms with Gasteiger partial charge in [-0.05, 0) is 13.1 Å². The largest absolute Gasteiger partial charge is 0.394 e. The predicted molar refractivity (Wildman–Crippen MR) is 40.5 cm³/mol. The molecule has 0 spiro atoms. The minimum atomic E-state index is -0.575. The lowest BCUT2D eigenvalue weighted by Crippen LogP contribution is -2.24. The van der Waals surface area contributed by atoms with Crippen molar-refractivity contribution in [2.45, 2.75) is 31.8 Å². The van der Waals surface area contributed by atoms with Crippen LogP contribution in [-0.2, 0) is 4.74 Å². The molecule has 1 aliphatic heterocycles. The maximum Gasteiger partial charge on any atom is 0.151 e. The molecule has 0 aromatic heterocycles. The highest BCUT2D eigenvalue weighted by Gasteiger charge is 2.32. The van der Waals surface area contributed by atoms with Crippen LogP contribution in [0, 0.1) is 0 Å². The summed E-state index contributed by atoms with van der Waals surface area (Å²) in [5, 5.41) is 17.9. The molecule has 0 saturated carbocycles. The number of rotatable bonds is 2. The number of aliphatic hydroxyl groups excluding tert-OH is 2. The zero-order valence-electron chi connectivity index (χ0n) is 6.47. The van der Waals surface area contributed by atoms with E-state index in [1.807, 2.05) is 0 Å². The van der Waals surface area contributed by atoms with Crippen molar-refractivity contribution in [3.63, 3.8) is 0 Å². The highest BCUT2D eigenvalue weighted by molar-refractivity contribution is 5.53. The minimum absolute atomic E-state index is 0.142. The maximum absolute atomic E-state index is 9.23. The Morgan fingerprint density at radius 3 is 2.91 bits per heavy atom. The number of aliphatic hydroxyl groups is 2. The third-order valence-corrected chi connectivity index (χ3v) is 1.70. The standard InChI is InChI=1S/C7H13NO3/c1-2-8-7-3-5(10)6(4-9)11-7/h2,5-7,9-10H,3-4H2,1H3/t5-,6-,7-/m0/s1. The predicted octanol–water partition coefficient (Wildman–Crippen LogP) is -0.455. The summed E-state index contributed by atoms with van der Waals surface area (Å²) in [5.41, 5.74) is 0. The van der Waals surface area contributed by atoms with Crippen molar-refractivity contribution in [1.29, 1.82) is 0 Å². The first-order valence-electron chi connectivity index (χ1n) is 3.70. The lowest BCUT2D eigenvalue weighted by molar-refractivity contribution is -0.0192. The van der Waals surface area contributed by atoms with E-state index in [9.17, 15) is 5.11 Å². The fourth-order valence-electron chi connectivity index (χ4n) is 1.13. The second-order valence-corrected chi connectivity index (χ2v) is 2.52. The van der Waals surface area contributed by atoms with Crippen molar-refractivity contribution >= 4 is 6.21 Å². The van der Waals surface area contributed by atoms with Crippen LogP contribution < -0.4 is 0 Å². The molecule has 2 N–H and O–H groups in total. The molecule has 0 aliphatic carbocycles. The Hall–Kier alpha value is -0.450. The lowest BCUT2D eigenvalue weighted by Gasteiger charge is -2.08. The number of nitrogens with zero attached hydrogens (tertiary/aromatic N) is 1. The quantitative estimate of drug-likeness (QED) is 0.536. The van der Waals surface area contributed by atoms with E-state index in [1.54, 1.807) is 13.1 Å². The Labute approximate surface area is 65.5 Å². The average Bonchev–Trinajstić information content (AvgIpc) is 2.32. The number of hydrogen-bond acceptors (Lipinski definition) is 4. The van der Waals surface area contributed by atoms with Crippen molar-refractivity contribution in [2.75, 3.05) is 6.61 Å². The van der Waals surface area contributed by atoms with Crippen molar-refractivity contribution in [3.8, 4) is 0 Å². The van der Waals surface area contributed by atoms with Crippen LogP contribution in [-0.4, -0.2) is 41.5 Å². The van der Waals surface area contributed by atoms with Gasteiger partial charge in [0.15, 0.2) is 6.23 Å². The fourth-order valence-corrected chi connectivity index (χ4v) is 1.13. The first-order chi connectivity index (χ1) is 5.27. The van der Waals surface area contributed by atoms with Gasteiger partial charge < -0.3 is 14.9 Å². The molecule has 1 saturated heterocycles. The minimum Gasteiger partial charge on any atom is -0.394 e. The van der Waals surface area contributed by atoms with Gasteiger partial charge in [0, 0.05) is 6.42 Å². The first-order valence-corrected chi connectivity index (χ1v) is 3.70. The van der Waals surface area contributed by atoms with Crippen LogP contribution in [0.15, 0.2) is 4.99 Å². The van der Waals surface area contributed by atoms with Crippen LogP contribution in [0.4, 0.5) is 0 Å². The molecule has 1 heterocycles. The van der Waals surface area contributed by atoms with Gasteiger partial charge in [0.2, 0.25) is 0 Å². The van der Waals surface area contributed by atoms with Crippen LogP contribution in [0.3, 0.4) is 0 Å². The van der Waals surface area contributed by atoms with Gasteiger partial charge >= 0.3 is 0 Å². The fraction of sp³-hybridized carbons (Fsp3) is 0.857. The number of ether oxygens (including phenoxy) is 1. The van der Waals surface area contributed by atoms with Crippen LogP contribution in [0.5, 0.6) is 0 Å². The van der Waals surface area contributed by atoms with Crippen molar-refractivity contribution in [1.82, 2.24) is 0 Å². The molecule has 11 heavy (non-hydrogen) atoms. The van der Waals surface area contributed by atoms with Gasteiger partial charge in [-0.25, -0.2) is 0 Å². The molecule has 4 nitrogen and oxygen atoms in total. The maximum atomic E-state index is 9.23. The average molecular weight is 159 g/mol. The van der Waals surface area contributed by atoms with Gasteiger partial charge in [0.25, 0.3) is 0 Å². The Morgan fingerprint density at radius 1 is 1.73 bits per heavy atom. The van der Waals surface area contributed by atoms with E-state index in [2.05, 4.69) is 4.99 Å². The highest BCUT2D eigenvalue weighted by atomic mass is 16.5. The summed E-state index contributed by atoms with van der Waals surface area (Å²) in [7, 11) is 0. The Morgan fingerprint density at radius 2 is 2.45 bits per heavy atom. The first kappa shape index (κ1) is 8.64. The zero-order valence-corrected chi connectivity index (χ0v) is 6.47. The van der Waals surface area contributed by atoms with Gasteiger partial charge in [-0.2, -0.15) is 0 Å². The van der Waals surface area contributed by atoms with E-state index in [1.165, 1.54) is 0 Å². The summed E-state index contributed by atoms with van der Waals surface area (Å²) in [6.45, 7) is 1.65. The molecule has 3 atom stereocenters. The van der Waals surface area contributed by atoms with E-state index >= 15 is 0 Å². The molecular weight excluding hydrogens is 146 g/mol. The van der Waals surface area contributed by atoms with E-state index < -0.39 is 12.2 Å².